The van der Waals surface area contributed by atoms with Gasteiger partial charge in [-0.3, -0.25) is 10.1 Å². The zero-order chi connectivity index (χ0) is 13.8. The van der Waals surface area contributed by atoms with E-state index in [2.05, 4.69) is 5.32 Å². The molecule has 1 heterocycles. The minimum atomic E-state index is -0.464. The average Bonchev–Trinajstić information content (AvgIpc) is 2.81. The first kappa shape index (κ1) is 12.9. The number of benzene rings is 1. The molecule has 2 aromatic rings. The third-order valence-corrected chi connectivity index (χ3v) is 2.65. The monoisotopic (exact) mass is 262 g/mol. The van der Waals surface area contributed by atoms with Gasteiger partial charge in [0, 0.05) is 0 Å². The highest BCUT2D eigenvalue weighted by Crippen LogP contribution is 2.34. The highest BCUT2D eigenvalue weighted by atomic mass is 16.6. The van der Waals surface area contributed by atoms with Gasteiger partial charge in [-0.25, -0.2) is 0 Å². The summed E-state index contributed by atoms with van der Waals surface area (Å²) in [5.41, 5.74) is 0.326. The molecule has 6 nitrogen and oxygen atoms in total. The molecule has 100 valence electrons. The first-order chi connectivity index (χ1) is 9.11. The summed E-state index contributed by atoms with van der Waals surface area (Å²) in [5, 5.41) is 14.1. The number of hydrogen-bond donors (Lipinski definition) is 1. The molecule has 0 aliphatic heterocycles. The maximum atomic E-state index is 11.1. The number of ether oxygens (including phenoxy) is 1. The number of furan rings is 1. The number of para-hydroxylation sites is 1. The van der Waals surface area contributed by atoms with Crippen molar-refractivity contribution in [3.8, 4) is 5.75 Å². The van der Waals surface area contributed by atoms with Gasteiger partial charge in [0.25, 0.3) is 0 Å². The number of nitro groups is 1. The fourth-order valence-electron chi connectivity index (χ4n) is 1.78. The largest absolute Gasteiger partial charge is 0.490 e. The van der Waals surface area contributed by atoms with E-state index in [1.54, 1.807) is 18.2 Å². The molecule has 0 aliphatic rings. The van der Waals surface area contributed by atoms with E-state index in [0.29, 0.717) is 12.2 Å². The van der Waals surface area contributed by atoms with E-state index < -0.39 is 4.92 Å². The van der Waals surface area contributed by atoms with Crippen LogP contribution in [0.2, 0.25) is 0 Å². The maximum absolute atomic E-state index is 11.1. The molecule has 1 N–H and O–H groups in total. The smallest absolute Gasteiger partial charge is 0.333 e. The van der Waals surface area contributed by atoms with Gasteiger partial charge in [0.1, 0.15) is 17.2 Å². The Labute approximate surface area is 110 Å². The molecule has 0 saturated heterocycles. The second kappa shape index (κ2) is 5.43. The summed E-state index contributed by atoms with van der Waals surface area (Å²) >= 11 is 0. The lowest BCUT2D eigenvalue weighted by Crippen LogP contribution is -2.03. The first-order valence-electron chi connectivity index (χ1n) is 5.72. The van der Waals surface area contributed by atoms with Crippen LogP contribution in [0.15, 0.2) is 34.7 Å². The van der Waals surface area contributed by atoms with E-state index in [0.717, 1.165) is 11.5 Å². The van der Waals surface area contributed by atoms with E-state index in [4.69, 9.17) is 9.15 Å². The molecule has 0 aliphatic carbocycles. The Hall–Kier alpha value is -2.50. The zero-order valence-electron chi connectivity index (χ0n) is 10.7. The molecular weight excluding hydrogens is 248 g/mol. The Kier molecular flexibility index (Phi) is 3.70. The van der Waals surface area contributed by atoms with Crippen molar-refractivity contribution in [3.63, 3.8) is 0 Å². The van der Waals surface area contributed by atoms with Gasteiger partial charge in [-0.15, -0.1) is 0 Å². The molecule has 0 amide bonds. The Bertz CT molecular complexity index is 592. The molecule has 1 aromatic carbocycles. The number of methoxy groups -OCH3 is 1. The fourth-order valence-corrected chi connectivity index (χ4v) is 1.78. The van der Waals surface area contributed by atoms with E-state index in [-0.39, 0.29) is 11.4 Å². The zero-order valence-corrected chi connectivity index (χ0v) is 10.7. The van der Waals surface area contributed by atoms with Gasteiger partial charge in [-0.2, -0.15) is 0 Å². The maximum Gasteiger partial charge on any atom is 0.333 e. The number of nitrogens with zero attached hydrogens (tertiary/aromatic N) is 1. The minimum absolute atomic E-state index is 0.0757. The topological polar surface area (TPSA) is 77.5 Å². The predicted molar refractivity (Wildman–Crippen MR) is 70.4 cm³/mol. The van der Waals surface area contributed by atoms with Crippen molar-refractivity contribution in [2.45, 2.75) is 13.5 Å². The minimum Gasteiger partial charge on any atom is -0.490 e. The lowest BCUT2D eigenvalue weighted by molar-refractivity contribution is -0.384. The number of nitro benzene ring substituents is 1. The lowest BCUT2D eigenvalue weighted by atomic mass is 10.2. The molecule has 6 heteroatoms. The standard InChI is InChI=1S/C13H14N2O4/c1-9-6-7-10(19-9)8-14-11-4-3-5-12(18-2)13(11)15(16)17/h3-7,14H,8H2,1-2H3. The molecule has 0 spiro atoms. The van der Waals surface area contributed by atoms with Crippen LogP contribution in [0.1, 0.15) is 11.5 Å². The van der Waals surface area contributed by atoms with Crippen molar-refractivity contribution >= 4 is 11.4 Å². The number of anilines is 1. The van der Waals surface area contributed by atoms with Gasteiger partial charge in [-0.1, -0.05) is 6.07 Å². The second-order valence-electron chi connectivity index (χ2n) is 3.98. The van der Waals surface area contributed by atoms with E-state index in [1.165, 1.54) is 7.11 Å². The van der Waals surface area contributed by atoms with Crippen LogP contribution in [-0.4, -0.2) is 12.0 Å². The summed E-state index contributed by atoms with van der Waals surface area (Å²) in [7, 11) is 1.40. The lowest BCUT2D eigenvalue weighted by Gasteiger charge is -2.08. The van der Waals surface area contributed by atoms with Crippen LogP contribution in [0, 0.1) is 17.0 Å². The number of rotatable bonds is 5. The molecule has 19 heavy (non-hydrogen) atoms. The quantitative estimate of drug-likeness (QED) is 0.661. The number of hydrogen-bond acceptors (Lipinski definition) is 5. The normalized spacial score (nSPS) is 10.2. The van der Waals surface area contributed by atoms with Gasteiger partial charge < -0.3 is 14.5 Å². The van der Waals surface area contributed by atoms with Crippen molar-refractivity contribution in [1.82, 2.24) is 0 Å². The van der Waals surface area contributed by atoms with Crippen LogP contribution in [0.25, 0.3) is 0 Å². The Morgan fingerprint density at radius 3 is 2.74 bits per heavy atom. The van der Waals surface area contributed by atoms with Crippen molar-refractivity contribution < 1.29 is 14.1 Å². The van der Waals surface area contributed by atoms with E-state index in [9.17, 15) is 10.1 Å². The Balaban J connectivity index is 2.22. The molecular formula is C13H14N2O4. The summed E-state index contributed by atoms with van der Waals surface area (Å²) in [6.45, 7) is 2.22. The van der Waals surface area contributed by atoms with Crippen molar-refractivity contribution in [2.75, 3.05) is 12.4 Å². The van der Waals surface area contributed by atoms with E-state index in [1.807, 2.05) is 19.1 Å². The van der Waals surface area contributed by atoms with Gasteiger partial charge in [0.2, 0.25) is 0 Å². The molecule has 0 unspecified atom stereocenters. The summed E-state index contributed by atoms with van der Waals surface area (Å²) in [6.07, 6.45) is 0. The van der Waals surface area contributed by atoms with Gasteiger partial charge in [0.15, 0.2) is 5.75 Å². The summed E-state index contributed by atoms with van der Waals surface area (Å²) in [5.74, 6) is 1.75. The fraction of sp³-hybridized carbons (Fsp3) is 0.231. The summed E-state index contributed by atoms with van der Waals surface area (Å²) in [4.78, 5) is 10.6. The van der Waals surface area contributed by atoms with Crippen LogP contribution in [0.5, 0.6) is 5.75 Å². The third-order valence-electron chi connectivity index (χ3n) is 2.65. The van der Waals surface area contributed by atoms with Crippen molar-refractivity contribution in [1.29, 1.82) is 0 Å². The van der Waals surface area contributed by atoms with Crippen LogP contribution in [0.3, 0.4) is 0 Å². The average molecular weight is 262 g/mol. The van der Waals surface area contributed by atoms with E-state index >= 15 is 0 Å². The van der Waals surface area contributed by atoms with Crippen LogP contribution >= 0.6 is 0 Å². The molecule has 0 fully saturated rings. The number of aryl methyl sites for hydroxylation is 1. The van der Waals surface area contributed by atoms with Crippen LogP contribution in [0.4, 0.5) is 11.4 Å². The summed E-state index contributed by atoms with van der Waals surface area (Å²) < 4.78 is 10.4. The van der Waals surface area contributed by atoms with Crippen LogP contribution < -0.4 is 10.1 Å². The van der Waals surface area contributed by atoms with Gasteiger partial charge in [-0.05, 0) is 31.2 Å². The highest BCUT2D eigenvalue weighted by Gasteiger charge is 2.20. The number of nitrogens with one attached hydrogen (secondary N) is 1. The predicted octanol–water partition coefficient (Wildman–Crippen LogP) is 3.12. The van der Waals surface area contributed by atoms with Crippen molar-refractivity contribution in [3.05, 3.63) is 52.0 Å². The molecule has 0 radical (unpaired) electrons. The highest BCUT2D eigenvalue weighted by molar-refractivity contribution is 5.68. The summed E-state index contributed by atoms with van der Waals surface area (Å²) in [6, 6.07) is 8.56. The molecule has 1 aromatic heterocycles. The van der Waals surface area contributed by atoms with Crippen LogP contribution in [-0.2, 0) is 6.54 Å². The Morgan fingerprint density at radius 1 is 1.37 bits per heavy atom. The third kappa shape index (κ3) is 2.85. The van der Waals surface area contributed by atoms with Gasteiger partial charge >= 0.3 is 5.69 Å². The molecule has 2 rings (SSSR count). The van der Waals surface area contributed by atoms with Gasteiger partial charge in [0.05, 0.1) is 18.6 Å². The molecule has 0 saturated carbocycles. The molecule has 0 bridgehead atoms. The first-order valence-corrected chi connectivity index (χ1v) is 5.72. The Morgan fingerprint density at radius 2 is 2.16 bits per heavy atom. The molecule has 0 atom stereocenters. The second-order valence-corrected chi connectivity index (χ2v) is 3.98. The SMILES string of the molecule is COc1cccc(NCc2ccc(C)o2)c1[N+](=O)[O-]. The van der Waals surface area contributed by atoms with Crippen molar-refractivity contribution in [2.24, 2.45) is 0 Å².